The van der Waals surface area contributed by atoms with Crippen LogP contribution in [0.5, 0.6) is 0 Å². The Morgan fingerprint density at radius 1 is 1.36 bits per heavy atom. The predicted molar refractivity (Wildman–Crippen MR) is 111 cm³/mol. The number of thioether (sulfide) groups is 1. The zero-order valence-corrected chi connectivity index (χ0v) is 17.6. The number of aromatic nitrogens is 2. The van der Waals surface area contributed by atoms with Crippen LogP contribution >= 0.6 is 23.1 Å². The normalized spacial score (nSPS) is 13.9. The van der Waals surface area contributed by atoms with Crippen molar-refractivity contribution in [3.05, 3.63) is 26.6 Å². The molecule has 0 radical (unpaired) electrons. The van der Waals surface area contributed by atoms with Gasteiger partial charge in [-0.15, -0.1) is 11.3 Å². The van der Waals surface area contributed by atoms with Gasteiger partial charge in [-0.05, 0) is 37.7 Å². The molecule has 5 nitrogen and oxygen atoms in total. The largest absolute Gasteiger partial charge is 0.337 e. The molecule has 2 aromatic heterocycles. The number of nitrogens with one attached hydrogen (secondary N) is 1. The van der Waals surface area contributed by atoms with E-state index in [1.54, 1.807) is 11.3 Å². The van der Waals surface area contributed by atoms with Gasteiger partial charge < -0.3 is 9.88 Å². The lowest BCUT2D eigenvalue weighted by atomic mass is 9.97. The van der Waals surface area contributed by atoms with Crippen molar-refractivity contribution in [2.45, 2.75) is 57.6 Å². The number of halogens is 2. The zero-order chi connectivity index (χ0) is 20.1. The van der Waals surface area contributed by atoms with Crippen LogP contribution in [0.25, 0.3) is 10.2 Å². The standard InChI is InChI=1S/C19H25F2N3O2S2/c1-2-8-24(10-14(20)21)16(25)7-9-27-11-15-22-18(26)17-12-5-3-4-6-13(12)28-19(17)23-15/h14H,2-11H2,1H3,(H,22,23,26). The van der Waals surface area contributed by atoms with E-state index in [9.17, 15) is 18.4 Å². The predicted octanol–water partition coefficient (Wildman–Crippen LogP) is 3.99. The molecule has 0 unspecified atom stereocenters. The summed E-state index contributed by atoms with van der Waals surface area (Å²) in [5.74, 6) is 1.35. The van der Waals surface area contributed by atoms with Crippen LogP contribution < -0.4 is 5.56 Å². The number of amides is 1. The first kappa shape index (κ1) is 21.2. The molecule has 2 heterocycles. The molecule has 154 valence electrons. The van der Waals surface area contributed by atoms with E-state index in [1.807, 2.05) is 6.92 Å². The highest BCUT2D eigenvalue weighted by Gasteiger charge is 2.20. The molecule has 28 heavy (non-hydrogen) atoms. The molecule has 0 saturated heterocycles. The van der Waals surface area contributed by atoms with E-state index in [4.69, 9.17) is 0 Å². The minimum absolute atomic E-state index is 0.0814. The first-order chi connectivity index (χ1) is 13.5. The second-order valence-electron chi connectivity index (χ2n) is 6.94. The molecule has 0 aliphatic heterocycles. The smallest absolute Gasteiger partial charge is 0.259 e. The highest BCUT2D eigenvalue weighted by Crippen LogP contribution is 2.33. The number of rotatable bonds is 9. The maximum atomic E-state index is 12.6. The number of carbonyl (C=O) groups excluding carboxylic acids is 1. The van der Waals surface area contributed by atoms with Crippen LogP contribution in [0.3, 0.4) is 0 Å². The quantitative estimate of drug-likeness (QED) is 0.612. The van der Waals surface area contributed by atoms with Gasteiger partial charge in [-0.3, -0.25) is 9.59 Å². The molecule has 1 N–H and O–H groups in total. The van der Waals surface area contributed by atoms with E-state index >= 15 is 0 Å². The Morgan fingerprint density at radius 2 is 2.14 bits per heavy atom. The van der Waals surface area contributed by atoms with Crippen LogP contribution in [-0.2, 0) is 23.4 Å². The Hall–Kier alpha value is -1.48. The summed E-state index contributed by atoms with van der Waals surface area (Å²) in [6.07, 6.45) is 2.59. The van der Waals surface area contributed by atoms with Crippen LogP contribution in [0.15, 0.2) is 4.79 Å². The van der Waals surface area contributed by atoms with Gasteiger partial charge in [0.1, 0.15) is 10.7 Å². The Balaban J connectivity index is 1.57. The van der Waals surface area contributed by atoms with Gasteiger partial charge in [-0.1, -0.05) is 6.92 Å². The van der Waals surface area contributed by atoms with E-state index < -0.39 is 13.0 Å². The minimum Gasteiger partial charge on any atom is -0.337 e. The number of carbonyl (C=O) groups is 1. The molecule has 0 fully saturated rings. The summed E-state index contributed by atoms with van der Waals surface area (Å²) < 4.78 is 25.2. The van der Waals surface area contributed by atoms with Crippen molar-refractivity contribution in [1.82, 2.24) is 14.9 Å². The number of thiophene rings is 1. The van der Waals surface area contributed by atoms with Crippen LogP contribution in [0.2, 0.25) is 0 Å². The maximum Gasteiger partial charge on any atom is 0.259 e. The highest BCUT2D eigenvalue weighted by molar-refractivity contribution is 7.98. The third-order valence-electron chi connectivity index (χ3n) is 4.78. The fourth-order valence-electron chi connectivity index (χ4n) is 3.52. The summed E-state index contributed by atoms with van der Waals surface area (Å²) in [5.41, 5.74) is 1.09. The summed E-state index contributed by atoms with van der Waals surface area (Å²) >= 11 is 3.09. The molecule has 0 spiro atoms. The summed E-state index contributed by atoms with van der Waals surface area (Å²) in [6.45, 7) is 1.70. The van der Waals surface area contributed by atoms with Crippen LogP contribution in [0.1, 0.15) is 48.9 Å². The molecule has 0 aromatic carbocycles. The Kier molecular flexibility index (Phi) is 7.45. The van der Waals surface area contributed by atoms with E-state index in [1.165, 1.54) is 27.1 Å². The van der Waals surface area contributed by atoms with Gasteiger partial charge in [0.05, 0.1) is 17.7 Å². The monoisotopic (exact) mass is 429 g/mol. The Morgan fingerprint density at radius 3 is 2.89 bits per heavy atom. The van der Waals surface area contributed by atoms with Gasteiger partial charge in [0, 0.05) is 23.6 Å². The van der Waals surface area contributed by atoms with E-state index in [2.05, 4.69) is 9.97 Å². The summed E-state index contributed by atoms with van der Waals surface area (Å²) in [6, 6.07) is 0. The van der Waals surface area contributed by atoms with E-state index in [0.29, 0.717) is 30.3 Å². The van der Waals surface area contributed by atoms with Crippen molar-refractivity contribution in [1.29, 1.82) is 0 Å². The number of fused-ring (bicyclic) bond motifs is 3. The first-order valence-electron chi connectivity index (χ1n) is 9.66. The lowest BCUT2D eigenvalue weighted by Gasteiger charge is -2.21. The van der Waals surface area contributed by atoms with Crippen molar-refractivity contribution in [2.75, 3.05) is 18.8 Å². The van der Waals surface area contributed by atoms with Crippen LogP contribution in [-0.4, -0.2) is 46.0 Å². The fourth-order valence-corrected chi connectivity index (χ4v) is 5.59. The van der Waals surface area contributed by atoms with E-state index in [0.717, 1.165) is 35.9 Å². The second-order valence-corrected chi connectivity index (χ2v) is 9.13. The zero-order valence-electron chi connectivity index (χ0n) is 15.9. The van der Waals surface area contributed by atoms with Crippen LogP contribution in [0, 0.1) is 0 Å². The molecule has 3 rings (SSSR count). The minimum atomic E-state index is -2.51. The molecule has 0 atom stereocenters. The topological polar surface area (TPSA) is 66.1 Å². The first-order valence-corrected chi connectivity index (χ1v) is 11.6. The lowest BCUT2D eigenvalue weighted by molar-refractivity contribution is -0.132. The number of aryl methyl sites for hydroxylation is 2. The Bertz CT molecular complexity index is 882. The van der Waals surface area contributed by atoms with Crippen molar-refractivity contribution in [3.63, 3.8) is 0 Å². The molecule has 9 heteroatoms. The summed E-state index contributed by atoms with van der Waals surface area (Å²) in [7, 11) is 0. The van der Waals surface area contributed by atoms with Gasteiger partial charge in [-0.25, -0.2) is 13.8 Å². The number of alkyl halides is 2. The number of nitrogens with zero attached hydrogens (tertiary/aromatic N) is 2. The molecule has 1 aliphatic rings. The third kappa shape index (κ3) is 5.11. The van der Waals surface area contributed by atoms with Crippen LogP contribution in [0.4, 0.5) is 8.78 Å². The average molecular weight is 430 g/mol. The van der Waals surface area contributed by atoms with Crippen molar-refractivity contribution < 1.29 is 13.6 Å². The van der Waals surface area contributed by atoms with Crippen molar-refractivity contribution in [3.8, 4) is 0 Å². The Labute approximate surface area is 170 Å². The molecule has 0 bridgehead atoms. The number of hydrogen-bond donors (Lipinski definition) is 1. The summed E-state index contributed by atoms with van der Waals surface area (Å²) in [5, 5.41) is 0.742. The SMILES string of the molecule is CCCN(CC(F)F)C(=O)CCSCc1nc2sc3c(c2c(=O)[nH]1)CCCC3. The molecule has 2 aromatic rings. The molecule has 1 aliphatic carbocycles. The molecular formula is C19H25F2N3O2S2. The number of aromatic amines is 1. The van der Waals surface area contributed by atoms with Crippen molar-refractivity contribution in [2.24, 2.45) is 0 Å². The van der Waals surface area contributed by atoms with E-state index in [-0.39, 0.29) is 17.9 Å². The number of hydrogen-bond acceptors (Lipinski definition) is 5. The molecular weight excluding hydrogens is 404 g/mol. The van der Waals surface area contributed by atoms with Gasteiger partial charge in [0.25, 0.3) is 12.0 Å². The van der Waals surface area contributed by atoms with Gasteiger partial charge >= 0.3 is 0 Å². The lowest BCUT2D eigenvalue weighted by Crippen LogP contribution is -2.35. The molecule has 1 amide bonds. The average Bonchev–Trinajstić information content (AvgIpc) is 3.03. The third-order valence-corrected chi connectivity index (χ3v) is 6.93. The summed E-state index contributed by atoms with van der Waals surface area (Å²) in [4.78, 5) is 35.4. The molecule has 0 saturated carbocycles. The van der Waals surface area contributed by atoms with Gasteiger partial charge in [-0.2, -0.15) is 11.8 Å². The number of H-pyrrole nitrogens is 1. The van der Waals surface area contributed by atoms with Gasteiger partial charge in [0.2, 0.25) is 5.91 Å². The maximum absolute atomic E-state index is 12.6. The second kappa shape index (κ2) is 9.82. The van der Waals surface area contributed by atoms with Gasteiger partial charge in [0.15, 0.2) is 0 Å². The highest BCUT2D eigenvalue weighted by atomic mass is 32.2. The fraction of sp³-hybridized carbons (Fsp3) is 0.632. The van der Waals surface area contributed by atoms with Crippen molar-refractivity contribution >= 4 is 39.2 Å².